The molecule has 7 nitrogen and oxygen atoms in total. The summed E-state index contributed by atoms with van der Waals surface area (Å²) in [5.74, 6) is 0.122. The van der Waals surface area contributed by atoms with Gasteiger partial charge >= 0.3 is 17.9 Å². The molecule has 0 bridgehead atoms. The summed E-state index contributed by atoms with van der Waals surface area (Å²) in [6.07, 6.45) is 8.90. The van der Waals surface area contributed by atoms with Crippen molar-refractivity contribution in [3.8, 4) is 0 Å². The molecule has 2 unspecified atom stereocenters. The highest BCUT2D eigenvalue weighted by molar-refractivity contribution is 5.76. The van der Waals surface area contributed by atoms with Gasteiger partial charge in [-0.2, -0.15) is 0 Å². The third-order valence-electron chi connectivity index (χ3n) is 14.5. The van der Waals surface area contributed by atoms with E-state index in [0.29, 0.717) is 25.0 Å². The lowest BCUT2D eigenvalue weighted by Gasteiger charge is -2.72. The van der Waals surface area contributed by atoms with Gasteiger partial charge in [0.15, 0.2) is 0 Å². The molecule has 0 saturated heterocycles. The first-order valence-electron chi connectivity index (χ1n) is 16.9. The van der Waals surface area contributed by atoms with Crippen molar-refractivity contribution in [3.63, 3.8) is 0 Å². The smallest absolute Gasteiger partial charge is 0.309 e. The molecule has 0 spiro atoms. The van der Waals surface area contributed by atoms with Crippen LogP contribution in [0.4, 0.5) is 0 Å². The second-order valence-corrected chi connectivity index (χ2v) is 16.0. The van der Waals surface area contributed by atoms with Gasteiger partial charge in [0.1, 0.15) is 12.7 Å². The predicted molar refractivity (Wildman–Crippen MR) is 164 cm³/mol. The quantitative estimate of drug-likeness (QED) is 0.232. The molecule has 0 radical (unpaired) electrons. The van der Waals surface area contributed by atoms with Crippen LogP contribution in [0, 0.1) is 56.7 Å². The molecular formula is C36H56O7. The van der Waals surface area contributed by atoms with Crippen LogP contribution in [0.2, 0.25) is 0 Å². The van der Waals surface area contributed by atoms with Crippen LogP contribution in [0.1, 0.15) is 113 Å². The first-order valence-corrected chi connectivity index (χ1v) is 16.9. The number of carboxylic acids is 1. The predicted octanol–water partition coefficient (Wildman–Crippen LogP) is 7.22. The van der Waals surface area contributed by atoms with Crippen LogP contribution in [0.15, 0.2) is 12.2 Å². The summed E-state index contributed by atoms with van der Waals surface area (Å²) >= 11 is 0. The summed E-state index contributed by atoms with van der Waals surface area (Å²) in [4.78, 5) is 37.2. The average molecular weight is 601 g/mol. The molecule has 11 atom stereocenters. The third kappa shape index (κ3) is 4.72. The highest BCUT2D eigenvalue weighted by atomic mass is 16.6. The minimum Gasteiger partial charge on any atom is -0.481 e. The third-order valence-corrected chi connectivity index (χ3v) is 14.5. The molecule has 0 aliphatic heterocycles. The maximum atomic E-state index is 13.1. The van der Waals surface area contributed by atoms with Gasteiger partial charge in [-0.1, -0.05) is 34.3 Å². The molecule has 5 saturated carbocycles. The zero-order chi connectivity index (χ0) is 31.6. The van der Waals surface area contributed by atoms with Crippen LogP contribution in [0.3, 0.4) is 0 Å². The van der Waals surface area contributed by atoms with Gasteiger partial charge in [0.2, 0.25) is 0 Å². The van der Waals surface area contributed by atoms with Gasteiger partial charge in [0.05, 0.1) is 12.0 Å². The number of aliphatic carboxylic acids is 1. The van der Waals surface area contributed by atoms with Crippen molar-refractivity contribution in [2.75, 3.05) is 19.8 Å². The number of rotatable bonds is 8. The molecule has 242 valence electrons. The zero-order valence-electron chi connectivity index (χ0n) is 27.8. The van der Waals surface area contributed by atoms with Gasteiger partial charge in [-0.15, -0.1) is 0 Å². The Balaban J connectivity index is 1.51. The lowest BCUT2D eigenvalue weighted by molar-refractivity contribution is -0.257. The monoisotopic (exact) mass is 600 g/mol. The Morgan fingerprint density at radius 2 is 1.56 bits per heavy atom. The zero-order valence-corrected chi connectivity index (χ0v) is 27.8. The maximum Gasteiger partial charge on any atom is 0.309 e. The van der Waals surface area contributed by atoms with E-state index in [1.165, 1.54) is 13.8 Å². The van der Waals surface area contributed by atoms with E-state index < -0.39 is 16.8 Å². The first kappa shape index (κ1) is 32.5. The number of carboxylic acid groups (broad SMARTS) is 1. The number of hydrogen-bond acceptors (Lipinski definition) is 6. The molecule has 0 heterocycles. The highest BCUT2D eigenvalue weighted by Crippen LogP contribution is 2.77. The summed E-state index contributed by atoms with van der Waals surface area (Å²) in [7, 11) is 0. The normalized spacial score (nSPS) is 46.9. The Kier molecular flexibility index (Phi) is 8.44. The fourth-order valence-electron chi connectivity index (χ4n) is 12.4. The van der Waals surface area contributed by atoms with Crippen LogP contribution in [-0.4, -0.2) is 48.9 Å². The van der Waals surface area contributed by atoms with Crippen LogP contribution < -0.4 is 0 Å². The van der Waals surface area contributed by atoms with Gasteiger partial charge in [-0.05, 0) is 123 Å². The molecule has 5 fully saturated rings. The van der Waals surface area contributed by atoms with Gasteiger partial charge in [-0.25, -0.2) is 0 Å². The minimum atomic E-state index is -0.668. The van der Waals surface area contributed by atoms with E-state index in [0.717, 1.165) is 69.8 Å². The summed E-state index contributed by atoms with van der Waals surface area (Å²) in [5.41, 5.74) is 0.0209. The Hall–Kier alpha value is -1.89. The van der Waals surface area contributed by atoms with E-state index in [-0.39, 0.29) is 58.6 Å². The SMILES string of the molecule is C=C(COCC)[C@@H]1CC[C@]2(C(=O)O)CC[C@]3(C)C(CC[C@@H]4[C@@]5(C)CCC(OC(C)=O)[C@@](C)(COC(C)=O)[C@@H]5CC[C@]43C)[C@@H]12. The van der Waals surface area contributed by atoms with Gasteiger partial charge < -0.3 is 19.3 Å². The molecule has 0 aromatic rings. The van der Waals surface area contributed by atoms with Crippen molar-refractivity contribution in [2.24, 2.45) is 56.7 Å². The number of carbonyl (C=O) groups excluding carboxylic acids is 2. The largest absolute Gasteiger partial charge is 0.481 e. The lowest BCUT2D eigenvalue weighted by Crippen LogP contribution is -2.68. The van der Waals surface area contributed by atoms with Gasteiger partial charge in [0.25, 0.3) is 0 Å². The van der Waals surface area contributed by atoms with Crippen LogP contribution in [0.25, 0.3) is 0 Å². The van der Waals surface area contributed by atoms with Crippen LogP contribution >= 0.6 is 0 Å². The van der Waals surface area contributed by atoms with Crippen molar-refractivity contribution in [2.45, 2.75) is 119 Å². The molecule has 0 aromatic heterocycles. The topological polar surface area (TPSA) is 99.1 Å². The van der Waals surface area contributed by atoms with E-state index >= 15 is 0 Å². The molecule has 7 heteroatoms. The summed E-state index contributed by atoms with van der Waals surface area (Å²) < 4.78 is 17.4. The van der Waals surface area contributed by atoms with Crippen molar-refractivity contribution in [1.29, 1.82) is 0 Å². The van der Waals surface area contributed by atoms with E-state index in [9.17, 15) is 19.5 Å². The van der Waals surface area contributed by atoms with E-state index in [1.807, 2.05) is 6.92 Å². The number of esters is 2. The molecular weight excluding hydrogens is 544 g/mol. The second kappa shape index (κ2) is 11.2. The van der Waals surface area contributed by atoms with Crippen molar-refractivity contribution in [1.82, 2.24) is 0 Å². The van der Waals surface area contributed by atoms with Crippen molar-refractivity contribution >= 4 is 17.9 Å². The maximum absolute atomic E-state index is 13.1. The highest BCUT2D eigenvalue weighted by Gasteiger charge is 2.72. The summed E-state index contributed by atoms with van der Waals surface area (Å²) in [5, 5.41) is 10.7. The fourth-order valence-corrected chi connectivity index (χ4v) is 12.4. The molecule has 5 rings (SSSR count). The summed E-state index contributed by atoms with van der Waals surface area (Å²) in [6.45, 7) is 20.5. The number of carbonyl (C=O) groups is 3. The first-order chi connectivity index (χ1) is 20.1. The van der Waals surface area contributed by atoms with Crippen LogP contribution in [0.5, 0.6) is 0 Å². The Morgan fingerprint density at radius 3 is 2.19 bits per heavy atom. The van der Waals surface area contributed by atoms with Gasteiger partial charge in [0, 0.05) is 25.9 Å². The second-order valence-electron chi connectivity index (χ2n) is 16.0. The molecule has 5 aliphatic rings. The Bertz CT molecular complexity index is 1150. The standard InChI is InChI=1S/C36H56O7/c1-9-41-20-22(2)25-12-17-36(31(39)40)19-18-34(7)26(30(25)36)10-11-28-32(5)15-14-29(43-24(4)38)33(6,21-42-23(3)37)27(32)13-16-35(28,34)8/h25-30H,2,9-21H2,1,3-8H3,(H,39,40)/t25-,26?,27+,28+,29?,30+,32-,33-,34+,35+,36-/m0/s1. The molecule has 0 amide bonds. The molecule has 5 aliphatic carbocycles. The number of ether oxygens (including phenoxy) is 3. The lowest BCUT2D eigenvalue weighted by atomic mass is 9.32. The number of fused-ring (bicyclic) bond motifs is 7. The summed E-state index contributed by atoms with van der Waals surface area (Å²) in [6, 6.07) is 0. The van der Waals surface area contributed by atoms with Crippen molar-refractivity contribution < 1.29 is 33.7 Å². The molecule has 43 heavy (non-hydrogen) atoms. The molecule has 0 aromatic carbocycles. The van der Waals surface area contributed by atoms with E-state index in [4.69, 9.17) is 14.2 Å². The Morgan fingerprint density at radius 1 is 0.837 bits per heavy atom. The average Bonchev–Trinajstić information content (AvgIpc) is 3.34. The van der Waals surface area contributed by atoms with E-state index in [2.05, 4.69) is 34.3 Å². The molecule has 1 N–H and O–H groups in total. The van der Waals surface area contributed by atoms with Gasteiger partial charge in [-0.3, -0.25) is 14.4 Å². The minimum absolute atomic E-state index is 0.00149. The van der Waals surface area contributed by atoms with Crippen molar-refractivity contribution in [3.05, 3.63) is 12.2 Å². The van der Waals surface area contributed by atoms with Crippen LogP contribution in [-0.2, 0) is 28.6 Å². The van der Waals surface area contributed by atoms with E-state index in [1.54, 1.807) is 0 Å². The fraction of sp³-hybridized carbons (Fsp3) is 0.861. The number of hydrogen-bond donors (Lipinski definition) is 1. The Labute approximate surface area is 258 Å².